The van der Waals surface area contributed by atoms with Crippen LogP contribution in [0.25, 0.3) is 0 Å². The number of aromatic hydroxyl groups is 1. The standard InChI is InChI=1S/C17H14Cl2N2O3/c18-10-1-6-14(13(19)9-10)21(11-2-4-12(22)5-3-11)16(24)17(7-8-17)15(20)23/h1-6,9,22H,7-8H2,(H2,20,23). The number of hydrogen-bond donors (Lipinski definition) is 2. The molecule has 1 saturated carbocycles. The summed E-state index contributed by atoms with van der Waals surface area (Å²) in [5, 5.41) is 10.2. The van der Waals surface area contributed by atoms with Gasteiger partial charge in [0.1, 0.15) is 11.2 Å². The van der Waals surface area contributed by atoms with E-state index in [1.165, 1.54) is 23.1 Å². The van der Waals surface area contributed by atoms with Gasteiger partial charge in [-0.25, -0.2) is 0 Å². The predicted molar refractivity (Wildman–Crippen MR) is 92.6 cm³/mol. The average Bonchev–Trinajstić information content (AvgIpc) is 3.33. The van der Waals surface area contributed by atoms with Gasteiger partial charge in [-0.2, -0.15) is 0 Å². The summed E-state index contributed by atoms with van der Waals surface area (Å²) >= 11 is 12.2. The summed E-state index contributed by atoms with van der Waals surface area (Å²) in [6.07, 6.45) is 0.807. The van der Waals surface area contributed by atoms with Crippen molar-refractivity contribution in [1.82, 2.24) is 0 Å². The number of hydrogen-bond acceptors (Lipinski definition) is 3. The molecule has 3 rings (SSSR count). The third-order valence-electron chi connectivity index (χ3n) is 4.09. The number of benzene rings is 2. The van der Waals surface area contributed by atoms with Crippen LogP contribution in [-0.2, 0) is 9.59 Å². The molecule has 2 aromatic rings. The van der Waals surface area contributed by atoms with Gasteiger partial charge in [0.05, 0.1) is 10.7 Å². The molecule has 24 heavy (non-hydrogen) atoms. The van der Waals surface area contributed by atoms with Crippen LogP contribution >= 0.6 is 23.2 Å². The minimum Gasteiger partial charge on any atom is -0.508 e. The van der Waals surface area contributed by atoms with E-state index in [1.807, 2.05) is 0 Å². The lowest BCUT2D eigenvalue weighted by Crippen LogP contribution is -2.41. The Hall–Kier alpha value is -2.24. The molecule has 0 spiro atoms. The van der Waals surface area contributed by atoms with Gasteiger partial charge in [-0.05, 0) is 55.3 Å². The van der Waals surface area contributed by atoms with Crippen LogP contribution in [0.2, 0.25) is 10.0 Å². The summed E-state index contributed by atoms with van der Waals surface area (Å²) in [5.74, 6) is -1.03. The highest BCUT2D eigenvalue weighted by molar-refractivity contribution is 6.37. The quantitative estimate of drug-likeness (QED) is 0.812. The Morgan fingerprint density at radius 3 is 2.21 bits per heavy atom. The number of phenolic OH excluding ortho intramolecular Hbond substituents is 1. The van der Waals surface area contributed by atoms with E-state index in [9.17, 15) is 14.7 Å². The van der Waals surface area contributed by atoms with Gasteiger partial charge in [-0.3, -0.25) is 14.5 Å². The molecule has 5 nitrogen and oxygen atoms in total. The highest BCUT2D eigenvalue weighted by Gasteiger charge is 2.57. The Labute approximate surface area is 148 Å². The molecular weight excluding hydrogens is 351 g/mol. The van der Waals surface area contributed by atoms with Gasteiger partial charge in [0.15, 0.2) is 0 Å². The maximum absolute atomic E-state index is 13.1. The van der Waals surface area contributed by atoms with Crippen LogP contribution < -0.4 is 10.6 Å². The molecule has 0 heterocycles. The largest absolute Gasteiger partial charge is 0.508 e. The van der Waals surface area contributed by atoms with Gasteiger partial charge in [0, 0.05) is 10.7 Å². The van der Waals surface area contributed by atoms with Crippen molar-refractivity contribution < 1.29 is 14.7 Å². The van der Waals surface area contributed by atoms with E-state index in [1.54, 1.807) is 24.3 Å². The average molecular weight is 365 g/mol. The van der Waals surface area contributed by atoms with Crippen molar-refractivity contribution in [3.05, 3.63) is 52.5 Å². The Balaban J connectivity index is 2.12. The van der Waals surface area contributed by atoms with E-state index < -0.39 is 17.2 Å². The van der Waals surface area contributed by atoms with Crippen LogP contribution in [0.4, 0.5) is 11.4 Å². The first-order chi connectivity index (χ1) is 11.3. The number of primary amides is 1. The normalized spacial score (nSPS) is 14.9. The number of anilines is 2. The lowest BCUT2D eigenvalue weighted by Gasteiger charge is -2.27. The maximum atomic E-state index is 13.1. The summed E-state index contributed by atoms with van der Waals surface area (Å²) in [6, 6.07) is 10.7. The number of carbonyl (C=O) groups excluding carboxylic acids is 2. The summed E-state index contributed by atoms with van der Waals surface area (Å²) in [7, 11) is 0. The molecular formula is C17H14Cl2N2O3. The summed E-state index contributed by atoms with van der Waals surface area (Å²) in [4.78, 5) is 26.2. The van der Waals surface area contributed by atoms with E-state index in [0.717, 1.165) is 0 Å². The molecule has 2 amide bonds. The Morgan fingerprint density at radius 2 is 1.71 bits per heavy atom. The fourth-order valence-corrected chi connectivity index (χ4v) is 3.03. The van der Waals surface area contributed by atoms with Crippen LogP contribution in [0.15, 0.2) is 42.5 Å². The van der Waals surface area contributed by atoms with Crippen LogP contribution in [0, 0.1) is 5.41 Å². The fourth-order valence-electron chi connectivity index (χ4n) is 2.53. The van der Waals surface area contributed by atoms with Crippen molar-refractivity contribution in [2.24, 2.45) is 11.1 Å². The summed E-state index contributed by atoms with van der Waals surface area (Å²) in [5.41, 5.74) is 5.09. The maximum Gasteiger partial charge on any atom is 0.247 e. The Kier molecular flexibility index (Phi) is 4.15. The monoisotopic (exact) mass is 364 g/mol. The highest BCUT2D eigenvalue weighted by Crippen LogP contribution is 2.49. The molecule has 124 valence electrons. The third-order valence-corrected chi connectivity index (χ3v) is 4.63. The van der Waals surface area contributed by atoms with Crippen LogP contribution in [0.3, 0.4) is 0 Å². The van der Waals surface area contributed by atoms with Crippen molar-refractivity contribution in [3.63, 3.8) is 0 Å². The smallest absolute Gasteiger partial charge is 0.247 e. The third kappa shape index (κ3) is 2.81. The van der Waals surface area contributed by atoms with E-state index in [-0.39, 0.29) is 10.8 Å². The molecule has 2 aromatic carbocycles. The molecule has 3 N–H and O–H groups in total. The Morgan fingerprint density at radius 1 is 1.08 bits per heavy atom. The molecule has 0 unspecified atom stereocenters. The minimum atomic E-state index is -1.21. The van der Waals surface area contributed by atoms with Crippen LogP contribution in [0.1, 0.15) is 12.8 Å². The van der Waals surface area contributed by atoms with E-state index in [4.69, 9.17) is 28.9 Å². The fraction of sp³-hybridized carbons (Fsp3) is 0.176. The lowest BCUT2D eigenvalue weighted by molar-refractivity contribution is -0.133. The number of carbonyl (C=O) groups is 2. The van der Waals surface area contributed by atoms with Crippen LogP contribution in [0.5, 0.6) is 5.75 Å². The van der Waals surface area contributed by atoms with E-state index in [2.05, 4.69) is 0 Å². The molecule has 0 atom stereocenters. The zero-order valence-corrected chi connectivity index (χ0v) is 14.0. The second kappa shape index (κ2) is 6.00. The van der Waals surface area contributed by atoms with E-state index >= 15 is 0 Å². The SMILES string of the molecule is NC(=O)C1(C(=O)N(c2ccc(O)cc2)c2ccc(Cl)cc2Cl)CC1. The van der Waals surface area contributed by atoms with Crippen molar-refractivity contribution >= 4 is 46.4 Å². The first-order valence-electron chi connectivity index (χ1n) is 7.24. The molecule has 0 bridgehead atoms. The van der Waals surface area contributed by atoms with Crippen molar-refractivity contribution in [1.29, 1.82) is 0 Å². The highest BCUT2D eigenvalue weighted by atomic mass is 35.5. The predicted octanol–water partition coefficient (Wildman–Crippen LogP) is 3.63. The molecule has 0 radical (unpaired) electrons. The molecule has 0 aliphatic heterocycles. The van der Waals surface area contributed by atoms with E-state index in [0.29, 0.717) is 29.2 Å². The lowest BCUT2D eigenvalue weighted by atomic mass is 10.0. The number of halogens is 2. The second-order valence-electron chi connectivity index (χ2n) is 5.70. The van der Waals surface area contributed by atoms with Crippen molar-refractivity contribution in [3.8, 4) is 5.75 Å². The second-order valence-corrected chi connectivity index (χ2v) is 6.54. The first kappa shape index (κ1) is 16.6. The van der Waals surface area contributed by atoms with Crippen molar-refractivity contribution in [2.75, 3.05) is 4.90 Å². The van der Waals surface area contributed by atoms with Gasteiger partial charge < -0.3 is 10.8 Å². The molecule has 1 aliphatic carbocycles. The van der Waals surface area contributed by atoms with Gasteiger partial charge in [-0.15, -0.1) is 0 Å². The zero-order chi connectivity index (χ0) is 17.5. The summed E-state index contributed by atoms with van der Waals surface area (Å²) in [6.45, 7) is 0. The number of amides is 2. The number of nitrogens with zero attached hydrogens (tertiary/aromatic N) is 1. The number of nitrogens with two attached hydrogens (primary N) is 1. The van der Waals surface area contributed by atoms with Gasteiger partial charge >= 0.3 is 0 Å². The summed E-state index contributed by atoms with van der Waals surface area (Å²) < 4.78 is 0. The Bertz CT molecular complexity index is 817. The first-order valence-corrected chi connectivity index (χ1v) is 7.99. The topological polar surface area (TPSA) is 83.6 Å². The zero-order valence-electron chi connectivity index (χ0n) is 12.5. The number of rotatable bonds is 4. The van der Waals surface area contributed by atoms with Crippen LogP contribution in [-0.4, -0.2) is 16.9 Å². The molecule has 1 aliphatic rings. The number of phenols is 1. The van der Waals surface area contributed by atoms with Crippen molar-refractivity contribution in [2.45, 2.75) is 12.8 Å². The molecule has 0 saturated heterocycles. The van der Waals surface area contributed by atoms with Gasteiger partial charge in [0.25, 0.3) is 0 Å². The molecule has 1 fully saturated rings. The molecule has 7 heteroatoms. The minimum absolute atomic E-state index is 0.0596. The molecule has 0 aromatic heterocycles. The van der Waals surface area contributed by atoms with Gasteiger partial charge in [0.2, 0.25) is 11.8 Å². The van der Waals surface area contributed by atoms with Gasteiger partial charge in [-0.1, -0.05) is 23.2 Å².